The van der Waals surface area contributed by atoms with Crippen molar-refractivity contribution >= 4 is 23.4 Å². The first kappa shape index (κ1) is 28.2. The Labute approximate surface area is 208 Å². The van der Waals surface area contributed by atoms with Crippen molar-refractivity contribution in [2.45, 2.75) is 58.0 Å². The predicted octanol–water partition coefficient (Wildman–Crippen LogP) is 1.25. The predicted molar refractivity (Wildman–Crippen MR) is 139 cm³/mol. The molecule has 192 valence electrons. The van der Waals surface area contributed by atoms with Gasteiger partial charge in [0.15, 0.2) is 0 Å². The van der Waals surface area contributed by atoms with Crippen LogP contribution in [0.25, 0.3) is 0 Å². The second-order valence-corrected chi connectivity index (χ2v) is 9.03. The summed E-state index contributed by atoms with van der Waals surface area (Å²) in [5.74, 6) is -1.16. The second-order valence-electron chi connectivity index (χ2n) is 9.03. The fourth-order valence-corrected chi connectivity index (χ4v) is 4.10. The van der Waals surface area contributed by atoms with Crippen molar-refractivity contribution in [1.29, 1.82) is 0 Å². The number of amides is 3. The zero-order chi connectivity index (χ0) is 25.8. The number of allylic oxidation sites excluding steroid dienone is 4. The number of nitrogens with one attached hydrogen (secondary N) is 2. The Kier molecular flexibility index (Phi) is 11.6. The van der Waals surface area contributed by atoms with Crippen LogP contribution in [0.2, 0.25) is 0 Å². The zero-order valence-corrected chi connectivity index (χ0v) is 20.9. The molecule has 2 unspecified atom stereocenters. The first-order valence-electron chi connectivity index (χ1n) is 12.2. The third-order valence-corrected chi connectivity index (χ3v) is 5.86. The van der Waals surface area contributed by atoms with E-state index in [9.17, 15) is 14.4 Å². The van der Waals surface area contributed by atoms with Gasteiger partial charge >= 0.3 is 0 Å². The van der Waals surface area contributed by atoms with Crippen LogP contribution >= 0.6 is 0 Å². The van der Waals surface area contributed by atoms with Gasteiger partial charge in [-0.2, -0.15) is 0 Å². The van der Waals surface area contributed by atoms with Crippen molar-refractivity contribution in [3.63, 3.8) is 0 Å². The highest BCUT2D eigenvalue weighted by Crippen LogP contribution is 2.19. The average molecular weight is 485 g/mol. The molecular weight excluding hydrogens is 444 g/mol. The number of nitrogens with two attached hydrogens (primary N) is 3. The molecule has 8 N–H and O–H groups in total. The Hall–Kier alpha value is -3.01. The maximum atomic E-state index is 13.2. The molecule has 1 aromatic carbocycles. The molecule has 9 nitrogen and oxygen atoms in total. The molecule has 0 fully saturated rings. The Morgan fingerprint density at radius 3 is 2.26 bits per heavy atom. The molecule has 1 aromatic rings. The van der Waals surface area contributed by atoms with E-state index in [0.29, 0.717) is 44.7 Å². The molecule has 9 heteroatoms. The highest BCUT2D eigenvalue weighted by molar-refractivity contribution is 5.98. The molecule has 1 aliphatic rings. The van der Waals surface area contributed by atoms with Crippen molar-refractivity contribution in [1.82, 2.24) is 10.2 Å². The van der Waals surface area contributed by atoms with Crippen LogP contribution < -0.4 is 27.8 Å². The molecule has 0 bridgehead atoms. The van der Waals surface area contributed by atoms with E-state index in [1.54, 1.807) is 0 Å². The highest BCUT2D eigenvalue weighted by Gasteiger charge is 2.26. The number of nitrogens with zero attached hydrogens (tertiary/aromatic N) is 1. The van der Waals surface area contributed by atoms with Gasteiger partial charge in [0.1, 0.15) is 6.04 Å². The Balaban J connectivity index is 2.08. The average Bonchev–Trinajstić information content (AvgIpc) is 2.81. The smallest absolute Gasteiger partial charge is 0.246 e. The van der Waals surface area contributed by atoms with Gasteiger partial charge in [0, 0.05) is 31.9 Å². The number of aryl methyl sites for hydroxylation is 2. The van der Waals surface area contributed by atoms with Crippen LogP contribution in [0, 0.1) is 13.8 Å². The van der Waals surface area contributed by atoms with Gasteiger partial charge in [0.25, 0.3) is 0 Å². The number of carbonyl (C=O) groups excluding carboxylic acids is 3. The van der Waals surface area contributed by atoms with Crippen molar-refractivity contribution in [3.8, 4) is 0 Å². The summed E-state index contributed by atoms with van der Waals surface area (Å²) in [5.41, 5.74) is 21.1. The summed E-state index contributed by atoms with van der Waals surface area (Å²) in [6.07, 6.45) is 8.97. The molecule has 0 spiro atoms. The third-order valence-electron chi connectivity index (χ3n) is 5.86. The summed E-state index contributed by atoms with van der Waals surface area (Å²) in [5, 5.41) is 5.69. The van der Waals surface area contributed by atoms with Crippen LogP contribution in [0.5, 0.6) is 0 Å². The van der Waals surface area contributed by atoms with E-state index in [1.165, 1.54) is 10.5 Å². The number of hydrogen-bond donors (Lipinski definition) is 5. The van der Waals surface area contributed by atoms with E-state index >= 15 is 0 Å². The first-order valence-corrected chi connectivity index (χ1v) is 12.2. The third kappa shape index (κ3) is 9.64. The highest BCUT2D eigenvalue weighted by atomic mass is 16.2. The normalized spacial score (nSPS) is 14.6. The summed E-state index contributed by atoms with van der Waals surface area (Å²) in [7, 11) is 0. The Morgan fingerprint density at radius 2 is 1.69 bits per heavy atom. The number of anilines is 1. The molecule has 0 saturated carbocycles. The minimum Gasteiger partial charge on any atom is -0.343 e. The molecule has 0 aliphatic heterocycles. The van der Waals surface area contributed by atoms with Crippen molar-refractivity contribution in [3.05, 3.63) is 53.1 Å². The van der Waals surface area contributed by atoms with Crippen LogP contribution in [0.15, 0.2) is 42.0 Å². The topological polar surface area (TPSA) is 157 Å². The molecule has 3 amide bonds. The summed E-state index contributed by atoms with van der Waals surface area (Å²) >= 11 is 0. The minimum absolute atomic E-state index is 0.187. The van der Waals surface area contributed by atoms with E-state index in [1.807, 2.05) is 38.1 Å². The van der Waals surface area contributed by atoms with Crippen molar-refractivity contribution in [2.75, 3.05) is 31.5 Å². The van der Waals surface area contributed by atoms with Crippen molar-refractivity contribution in [2.24, 2.45) is 17.2 Å². The number of hydrogen-bond acceptors (Lipinski definition) is 6. The standard InChI is InChI=1S/C26H40N6O3/c1-18-14-19(2)16-21(15-18)30-26(35)23(9-8-20-6-4-3-5-7-20)31-25(34)22(29)17-24(33)32(12-10-27)13-11-28/h3-4,6,14-16,22-23H,5,7-13,17,27-29H2,1-2H3,(H,30,35)(H,31,34). The quantitative estimate of drug-likeness (QED) is 0.284. The molecule has 0 radical (unpaired) electrons. The lowest BCUT2D eigenvalue weighted by Crippen LogP contribution is -2.51. The van der Waals surface area contributed by atoms with E-state index in [-0.39, 0.29) is 18.2 Å². The fourth-order valence-electron chi connectivity index (χ4n) is 4.10. The Morgan fingerprint density at radius 1 is 1.03 bits per heavy atom. The largest absolute Gasteiger partial charge is 0.343 e. The van der Waals surface area contributed by atoms with Gasteiger partial charge in [-0.05, 0) is 62.8 Å². The fraction of sp³-hybridized carbons (Fsp3) is 0.500. The summed E-state index contributed by atoms with van der Waals surface area (Å²) in [6, 6.07) is 3.90. The van der Waals surface area contributed by atoms with Gasteiger partial charge in [-0.3, -0.25) is 14.4 Å². The summed E-state index contributed by atoms with van der Waals surface area (Å²) in [6.45, 7) is 5.18. The van der Waals surface area contributed by atoms with Gasteiger partial charge in [0.05, 0.1) is 12.5 Å². The van der Waals surface area contributed by atoms with Gasteiger partial charge < -0.3 is 32.7 Å². The molecule has 35 heavy (non-hydrogen) atoms. The van der Waals surface area contributed by atoms with E-state index in [0.717, 1.165) is 24.0 Å². The van der Waals surface area contributed by atoms with Crippen molar-refractivity contribution < 1.29 is 14.4 Å². The number of carbonyl (C=O) groups is 3. The maximum absolute atomic E-state index is 13.2. The maximum Gasteiger partial charge on any atom is 0.246 e. The van der Waals surface area contributed by atoms with E-state index in [4.69, 9.17) is 17.2 Å². The van der Waals surface area contributed by atoms with Crippen LogP contribution in [-0.4, -0.2) is 60.9 Å². The number of benzene rings is 1. The van der Waals surface area contributed by atoms with Crippen LogP contribution in [-0.2, 0) is 14.4 Å². The molecule has 0 aromatic heterocycles. The molecular formula is C26H40N6O3. The monoisotopic (exact) mass is 484 g/mol. The molecule has 0 saturated heterocycles. The summed E-state index contributed by atoms with van der Waals surface area (Å²) < 4.78 is 0. The Bertz CT molecular complexity index is 917. The molecule has 2 rings (SSSR count). The molecule has 2 atom stereocenters. The lowest BCUT2D eigenvalue weighted by molar-refractivity contribution is -0.134. The molecule has 1 aliphatic carbocycles. The first-order chi connectivity index (χ1) is 16.7. The summed E-state index contributed by atoms with van der Waals surface area (Å²) in [4.78, 5) is 40.1. The SMILES string of the molecule is Cc1cc(C)cc(NC(=O)C(CCC2=CC=CCC2)NC(=O)C(N)CC(=O)N(CCN)CCN)c1. The molecule has 0 heterocycles. The second kappa shape index (κ2) is 14.4. The van der Waals surface area contributed by atoms with Crippen LogP contribution in [0.1, 0.15) is 43.2 Å². The van der Waals surface area contributed by atoms with Gasteiger partial charge in [-0.15, -0.1) is 0 Å². The van der Waals surface area contributed by atoms with E-state index < -0.39 is 18.0 Å². The van der Waals surface area contributed by atoms with E-state index in [2.05, 4.69) is 22.8 Å². The number of rotatable bonds is 13. The minimum atomic E-state index is -1.09. The lowest BCUT2D eigenvalue weighted by atomic mass is 9.97. The zero-order valence-electron chi connectivity index (χ0n) is 20.9. The van der Waals surface area contributed by atoms with Gasteiger partial charge in [-0.25, -0.2) is 0 Å². The van der Waals surface area contributed by atoms with Crippen LogP contribution in [0.3, 0.4) is 0 Å². The van der Waals surface area contributed by atoms with Gasteiger partial charge in [0.2, 0.25) is 17.7 Å². The van der Waals surface area contributed by atoms with Crippen LogP contribution in [0.4, 0.5) is 5.69 Å². The van der Waals surface area contributed by atoms with Gasteiger partial charge in [-0.1, -0.05) is 29.9 Å². The lowest BCUT2D eigenvalue weighted by Gasteiger charge is -2.24.